The molecule has 16 heavy (non-hydrogen) atoms. The fourth-order valence-corrected chi connectivity index (χ4v) is 1.27. The van der Waals surface area contributed by atoms with Crippen LogP contribution >= 0.6 is 0 Å². The summed E-state index contributed by atoms with van der Waals surface area (Å²) in [5.41, 5.74) is 5.18. The Balaban J connectivity index is 2.82. The number of carboxylic acid groups (broad SMARTS) is 1. The minimum Gasteiger partial charge on any atom is -0.492 e. The Labute approximate surface area is 95.0 Å². The van der Waals surface area contributed by atoms with Crippen molar-refractivity contribution in [3.8, 4) is 5.75 Å². The maximum Gasteiger partial charge on any atom is 0.313 e. The summed E-state index contributed by atoms with van der Waals surface area (Å²) in [4.78, 5) is 11.0. The predicted molar refractivity (Wildman–Crippen MR) is 61.7 cm³/mol. The minimum atomic E-state index is -0.883. The van der Waals surface area contributed by atoms with Gasteiger partial charge >= 0.3 is 5.97 Å². The molecule has 0 aromatic heterocycles. The molecule has 0 aliphatic carbocycles. The molecule has 4 nitrogen and oxygen atoms in total. The van der Waals surface area contributed by atoms with E-state index >= 15 is 0 Å². The molecule has 1 aromatic carbocycles. The molecule has 1 rings (SSSR count). The highest BCUT2D eigenvalue weighted by molar-refractivity contribution is 5.80. The van der Waals surface area contributed by atoms with Crippen LogP contribution in [0.3, 0.4) is 0 Å². The van der Waals surface area contributed by atoms with Gasteiger partial charge in [0.05, 0.1) is 5.41 Å². The van der Waals surface area contributed by atoms with Crippen LogP contribution in [0.4, 0.5) is 0 Å². The van der Waals surface area contributed by atoms with Crippen molar-refractivity contribution in [1.82, 2.24) is 0 Å². The lowest BCUT2D eigenvalue weighted by Gasteiger charge is -2.19. The first-order valence-electron chi connectivity index (χ1n) is 5.15. The molecule has 0 unspecified atom stereocenters. The number of ether oxygens (including phenoxy) is 1. The highest BCUT2D eigenvalue weighted by Gasteiger charge is 2.29. The molecule has 0 atom stereocenters. The Bertz CT molecular complexity index is 357. The van der Waals surface area contributed by atoms with Crippen LogP contribution in [0.25, 0.3) is 0 Å². The summed E-state index contributed by atoms with van der Waals surface area (Å²) in [5, 5.41) is 9.06. The van der Waals surface area contributed by atoms with Crippen LogP contribution < -0.4 is 10.5 Å². The quantitative estimate of drug-likeness (QED) is 0.791. The number of hydrogen-bond acceptors (Lipinski definition) is 3. The second-order valence-electron chi connectivity index (χ2n) is 4.09. The van der Waals surface area contributed by atoms with Gasteiger partial charge in [0.2, 0.25) is 0 Å². The first kappa shape index (κ1) is 12.5. The van der Waals surface area contributed by atoms with E-state index in [1.165, 1.54) is 0 Å². The third-order valence-corrected chi connectivity index (χ3v) is 2.50. The second-order valence-corrected chi connectivity index (χ2v) is 4.09. The van der Waals surface area contributed by atoms with E-state index in [-0.39, 0.29) is 0 Å². The van der Waals surface area contributed by atoms with Gasteiger partial charge in [-0.2, -0.15) is 0 Å². The van der Waals surface area contributed by atoms with Crippen molar-refractivity contribution in [2.45, 2.75) is 19.3 Å². The van der Waals surface area contributed by atoms with E-state index in [2.05, 4.69) is 0 Å². The van der Waals surface area contributed by atoms with Crippen molar-refractivity contribution >= 4 is 5.97 Å². The standard InChI is InChI=1S/C12H17NO3/c1-12(2,11(14)15)9-3-5-10(6-4-9)16-8-7-13/h3-6H,7-8,13H2,1-2H3,(H,14,15). The fourth-order valence-electron chi connectivity index (χ4n) is 1.27. The van der Waals surface area contributed by atoms with Crippen LogP contribution in [0.1, 0.15) is 19.4 Å². The number of carboxylic acids is 1. The maximum atomic E-state index is 11.0. The van der Waals surface area contributed by atoms with Crippen LogP contribution in [0.5, 0.6) is 5.75 Å². The highest BCUT2D eigenvalue weighted by Crippen LogP contribution is 2.25. The summed E-state index contributed by atoms with van der Waals surface area (Å²) in [5.74, 6) is -0.140. The maximum absolute atomic E-state index is 11.0. The number of nitrogens with two attached hydrogens (primary N) is 1. The summed E-state index contributed by atoms with van der Waals surface area (Å²) >= 11 is 0. The molecule has 3 N–H and O–H groups in total. The van der Waals surface area contributed by atoms with Crippen molar-refractivity contribution in [3.63, 3.8) is 0 Å². The molecule has 0 fully saturated rings. The van der Waals surface area contributed by atoms with Crippen molar-refractivity contribution < 1.29 is 14.6 Å². The number of aliphatic carboxylic acids is 1. The van der Waals surface area contributed by atoms with Crippen molar-refractivity contribution in [3.05, 3.63) is 29.8 Å². The van der Waals surface area contributed by atoms with E-state index in [0.29, 0.717) is 18.9 Å². The zero-order chi connectivity index (χ0) is 12.2. The lowest BCUT2D eigenvalue weighted by molar-refractivity contribution is -0.142. The zero-order valence-corrected chi connectivity index (χ0v) is 9.56. The number of benzene rings is 1. The average Bonchev–Trinajstić information content (AvgIpc) is 2.26. The third-order valence-electron chi connectivity index (χ3n) is 2.50. The van der Waals surface area contributed by atoms with Crippen LogP contribution in [-0.4, -0.2) is 24.2 Å². The molecule has 4 heteroatoms. The van der Waals surface area contributed by atoms with Crippen LogP contribution in [-0.2, 0) is 10.2 Å². The topological polar surface area (TPSA) is 72.5 Å². The van der Waals surface area contributed by atoms with Crippen molar-refractivity contribution in [2.24, 2.45) is 5.73 Å². The molecule has 1 aromatic rings. The number of rotatable bonds is 5. The van der Waals surface area contributed by atoms with Gasteiger partial charge in [-0.3, -0.25) is 4.79 Å². The molecular weight excluding hydrogens is 206 g/mol. The molecule has 0 amide bonds. The van der Waals surface area contributed by atoms with Crippen LogP contribution in [0.15, 0.2) is 24.3 Å². The SMILES string of the molecule is CC(C)(C(=O)O)c1ccc(OCCN)cc1. The van der Waals surface area contributed by atoms with Crippen LogP contribution in [0, 0.1) is 0 Å². The van der Waals surface area contributed by atoms with Gasteiger partial charge < -0.3 is 15.6 Å². The van der Waals surface area contributed by atoms with Gasteiger partial charge in [0.25, 0.3) is 0 Å². The predicted octanol–water partition coefficient (Wildman–Crippen LogP) is 1.39. The van der Waals surface area contributed by atoms with Crippen molar-refractivity contribution in [2.75, 3.05) is 13.2 Å². The van der Waals surface area contributed by atoms with E-state index in [0.717, 1.165) is 5.56 Å². The van der Waals surface area contributed by atoms with E-state index < -0.39 is 11.4 Å². The normalized spacial score (nSPS) is 11.2. The number of carbonyl (C=O) groups is 1. The average molecular weight is 223 g/mol. The fraction of sp³-hybridized carbons (Fsp3) is 0.417. The molecule has 0 spiro atoms. The van der Waals surface area contributed by atoms with Gasteiger partial charge in [-0.1, -0.05) is 12.1 Å². The van der Waals surface area contributed by atoms with Gasteiger partial charge in [-0.15, -0.1) is 0 Å². The third kappa shape index (κ3) is 2.73. The Kier molecular flexibility index (Phi) is 3.90. The van der Waals surface area contributed by atoms with E-state index in [9.17, 15) is 4.79 Å². The molecular formula is C12H17NO3. The molecule has 0 heterocycles. The van der Waals surface area contributed by atoms with E-state index in [4.69, 9.17) is 15.6 Å². The van der Waals surface area contributed by atoms with Crippen molar-refractivity contribution in [1.29, 1.82) is 0 Å². The summed E-state index contributed by atoms with van der Waals surface area (Å²) in [6.45, 7) is 4.26. The smallest absolute Gasteiger partial charge is 0.313 e. The molecule has 0 bridgehead atoms. The summed E-state index contributed by atoms with van der Waals surface area (Å²) in [6, 6.07) is 7.05. The minimum absolute atomic E-state index is 0.460. The first-order chi connectivity index (χ1) is 7.48. The molecule has 0 aliphatic heterocycles. The van der Waals surface area contributed by atoms with Crippen LogP contribution in [0.2, 0.25) is 0 Å². The first-order valence-corrected chi connectivity index (χ1v) is 5.15. The van der Waals surface area contributed by atoms with E-state index in [1.807, 2.05) is 0 Å². The summed E-state index contributed by atoms with van der Waals surface area (Å²) in [6.07, 6.45) is 0. The molecule has 0 saturated heterocycles. The monoisotopic (exact) mass is 223 g/mol. The highest BCUT2D eigenvalue weighted by atomic mass is 16.5. The Hall–Kier alpha value is -1.55. The summed E-state index contributed by atoms with van der Waals surface area (Å²) < 4.78 is 5.31. The number of hydrogen-bond donors (Lipinski definition) is 2. The van der Waals surface area contributed by atoms with Gasteiger partial charge in [-0.05, 0) is 31.5 Å². The Morgan fingerprint density at radius 3 is 2.38 bits per heavy atom. The lowest BCUT2D eigenvalue weighted by atomic mass is 9.85. The van der Waals surface area contributed by atoms with Gasteiger partial charge in [0, 0.05) is 6.54 Å². The van der Waals surface area contributed by atoms with Gasteiger partial charge in [0.1, 0.15) is 12.4 Å². The largest absolute Gasteiger partial charge is 0.492 e. The molecule has 0 radical (unpaired) electrons. The summed E-state index contributed by atoms with van der Waals surface area (Å²) in [7, 11) is 0. The second kappa shape index (κ2) is 4.99. The lowest BCUT2D eigenvalue weighted by Crippen LogP contribution is -2.28. The van der Waals surface area contributed by atoms with Gasteiger partial charge in [-0.25, -0.2) is 0 Å². The Morgan fingerprint density at radius 2 is 1.94 bits per heavy atom. The Morgan fingerprint density at radius 1 is 1.38 bits per heavy atom. The molecule has 0 aliphatic rings. The van der Waals surface area contributed by atoms with E-state index in [1.54, 1.807) is 38.1 Å². The molecule has 88 valence electrons. The van der Waals surface area contributed by atoms with Gasteiger partial charge in [0.15, 0.2) is 0 Å². The molecule has 0 saturated carbocycles. The zero-order valence-electron chi connectivity index (χ0n) is 9.56.